The highest BCUT2D eigenvalue weighted by Crippen LogP contribution is 2.18. The predicted molar refractivity (Wildman–Crippen MR) is 118 cm³/mol. The number of aliphatic imine (C=N–C) groups is 1. The van der Waals surface area contributed by atoms with E-state index in [2.05, 4.69) is 35.7 Å². The molecule has 0 fully saturated rings. The van der Waals surface area contributed by atoms with Gasteiger partial charge in [-0.3, -0.25) is 0 Å². The molecule has 0 aromatic heterocycles. The highest BCUT2D eigenvalue weighted by molar-refractivity contribution is 14.0. The summed E-state index contributed by atoms with van der Waals surface area (Å²) in [5, 5.41) is 6.60. The summed E-state index contributed by atoms with van der Waals surface area (Å²) in [6.45, 7) is 12.2. The highest BCUT2D eigenvalue weighted by Gasteiger charge is 2.03. The molecule has 1 rings (SSSR count). The van der Waals surface area contributed by atoms with Crippen LogP contribution in [0.4, 0.5) is 0 Å². The maximum absolute atomic E-state index is 5.66. The lowest BCUT2D eigenvalue weighted by Gasteiger charge is -2.12. The summed E-state index contributed by atoms with van der Waals surface area (Å²) in [7, 11) is 0. The van der Waals surface area contributed by atoms with E-state index >= 15 is 0 Å². The molecule has 0 heterocycles. The zero-order valence-corrected chi connectivity index (χ0v) is 17.4. The van der Waals surface area contributed by atoms with Gasteiger partial charge in [0.15, 0.2) is 5.96 Å². The van der Waals surface area contributed by atoms with Crippen LogP contribution in [0.15, 0.2) is 54.6 Å². The van der Waals surface area contributed by atoms with Crippen LogP contribution in [-0.2, 0) is 6.54 Å². The van der Waals surface area contributed by atoms with E-state index in [9.17, 15) is 0 Å². The van der Waals surface area contributed by atoms with Crippen molar-refractivity contribution in [1.29, 1.82) is 0 Å². The Morgan fingerprint density at radius 3 is 2.75 bits per heavy atom. The van der Waals surface area contributed by atoms with Crippen molar-refractivity contribution in [1.82, 2.24) is 10.6 Å². The molecule has 0 unspecified atom stereocenters. The van der Waals surface area contributed by atoms with Crippen molar-refractivity contribution < 1.29 is 4.74 Å². The monoisotopic (exact) mass is 461 g/mol. The molecular formula is C18H28IN3OS. The number of halogens is 1. The minimum absolute atomic E-state index is 0. The zero-order valence-electron chi connectivity index (χ0n) is 14.3. The summed E-state index contributed by atoms with van der Waals surface area (Å²) < 4.78 is 5.66. The minimum Gasteiger partial charge on any atom is -0.489 e. The van der Waals surface area contributed by atoms with Gasteiger partial charge < -0.3 is 15.4 Å². The number of nitrogens with one attached hydrogen (secondary N) is 2. The number of rotatable bonds is 11. The van der Waals surface area contributed by atoms with E-state index < -0.39 is 0 Å². The smallest absolute Gasteiger partial charge is 0.191 e. The molecule has 6 heteroatoms. The summed E-state index contributed by atoms with van der Waals surface area (Å²) in [4.78, 5) is 4.63. The minimum atomic E-state index is 0. The van der Waals surface area contributed by atoms with Crippen LogP contribution in [0.25, 0.3) is 0 Å². The zero-order chi connectivity index (χ0) is 16.8. The highest BCUT2D eigenvalue weighted by atomic mass is 127. The number of guanidine groups is 1. The van der Waals surface area contributed by atoms with Gasteiger partial charge in [0.05, 0.1) is 6.54 Å². The molecule has 1 aromatic rings. The summed E-state index contributed by atoms with van der Waals surface area (Å²) in [5.41, 5.74) is 1.06. The van der Waals surface area contributed by atoms with E-state index in [-0.39, 0.29) is 24.0 Å². The molecule has 24 heavy (non-hydrogen) atoms. The van der Waals surface area contributed by atoms with E-state index in [0.29, 0.717) is 13.2 Å². The molecule has 0 aliphatic heterocycles. The van der Waals surface area contributed by atoms with Gasteiger partial charge in [-0.2, -0.15) is 11.8 Å². The lowest BCUT2D eigenvalue weighted by molar-refractivity contribution is 0.359. The first-order valence-electron chi connectivity index (χ1n) is 7.84. The van der Waals surface area contributed by atoms with Crippen LogP contribution in [0.5, 0.6) is 5.75 Å². The van der Waals surface area contributed by atoms with Gasteiger partial charge in [0.25, 0.3) is 0 Å². The van der Waals surface area contributed by atoms with Crippen molar-refractivity contribution in [3.63, 3.8) is 0 Å². The normalized spacial score (nSPS) is 10.5. The molecule has 0 aliphatic carbocycles. The van der Waals surface area contributed by atoms with Crippen molar-refractivity contribution in [3.8, 4) is 5.75 Å². The number of thioether (sulfide) groups is 1. The van der Waals surface area contributed by atoms with E-state index in [1.165, 1.54) is 0 Å². The Hall–Kier alpha value is -1.15. The third-order valence-corrected chi connectivity index (χ3v) is 3.82. The fourth-order valence-corrected chi connectivity index (χ4v) is 2.42. The number of hydrogen-bond acceptors (Lipinski definition) is 3. The van der Waals surface area contributed by atoms with Gasteiger partial charge in [-0.1, -0.05) is 36.9 Å². The van der Waals surface area contributed by atoms with E-state index in [0.717, 1.165) is 41.9 Å². The van der Waals surface area contributed by atoms with E-state index in [1.807, 2.05) is 42.1 Å². The van der Waals surface area contributed by atoms with Crippen LogP contribution in [0.1, 0.15) is 12.5 Å². The second-order valence-electron chi connectivity index (χ2n) is 4.69. The lowest BCUT2D eigenvalue weighted by atomic mass is 10.2. The molecule has 134 valence electrons. The van der Waals surface area contributed by atoms with Crippen molar-refractivity contribution in [2.45, 2.75) is 13.5 Å². The van der Waals surface area contributed by atoms with Crippen LogP contribution >= 0.6 is 35.7 Å². The molecule has 1 aromatic carbocycles. The van der Waals surface area contributed by atoms with Crippen LogP contribution in [-0.4, -0.2) is 37.2 Å². The van der Waals surface area contributed by atoms with E-state index in [4.69, 9.17) is 4.74 Å². The van der Waals surface area contributed by atoms with Crippen LogP contribution in [0, 0.1) is 0 Å². The molecule has 0 bridgehead atoms. The van der Waals surface area contributed by atoms with Gasteiger partial charge in [0, 0.05) is 30.2 Å². The summed E-state index contributed by atoms with van der Waals surface area (Å²) in [6, 6.07) is 7.95. The first kappa shape index (κ1) is 22.9. The van der Waals surface area contributed by atoms with Crippen molar-refractivity contribution in [2.24, 2.45) is 4.99 Å². The second kappa shape index (κ2) is 15.4. The summed E-state index contributed by atoms with van der Waals surface area (Å²) in [6.07, 6.45) is 3.66. The molecule has 0 amide bonds. The number of nitrogens with zero attached hydrogens (tertiary/aromatic N) is 1. The van der Waals surface area contributed by atoms with Gasteiger partial charge in [-0.15, -0.1) is 30.6 Å². The Bertz CT molecular complexity index is 509. The maximum Gasteiger partial charge on any atom is 0.191 e. The van der Waals surface area contributed by atoms with Gasteiger partial charge >= 0.3 is 0 Å². The van der Waals surface area contributed by atoms with Crippen LogP contribution in [0.3, 0.4) is 0 Å². The molecule has 0 aliphatic rings. The standard InChI is InChI=1S/C18H27N3OS.HI/c1-4-12-22-17-10-8-7-9-16(17)15-21-18(19-6-3)20-11-14-23-13-5-2;/h4-5,7-10H,1-2,6,11-15H2,3H3,(H2,19,20,21);1H. The second-order valence-corrected chi connectivity index (χ2v) is 5.84. The lowest BCUT2D eigenvalue weighted by Crippen LogP contribution is -2.38. The Morgan fingerprint density at radius 1 is 1.25 bits per heavy atom. The van der Waals surface area contributed by atoms with Crippen LogP contribution < -0.4 is 15.4 Å². The van der Waals surface area contributed by atoms with E-state index in [1.54, 1.807) is 6.08 Å². The van der Waals surface area contributed by atoms with Crippen molar-refractivity contribution >= 4 is 41.7 Å². The van der Waals surface area contributed by atoms with Crippen molar-refractivity contribution in [2.75, 3.05) is 31.2 Å². The molecule has 0 saturated heterocycles. The number of hydrogen-bond donors (Lipinski definition) is 2. The average molecular weight is 461 g/mol. The SMILES string of the molecule is C=CCOc1ccccc1CN=C(NCC)NCCSCC=C.I. The quantitative estimate of drug-likeness (QED) is 0.173. The van der Waals surface area contributed by atoms with Gasteiger partial charge in [-0.25, -0.2) is 4.99 Å². The van der Waals surface area contributed by atoms with Gasteiger partial charge in [-0.05, 0) is 13.0 Å². The summed E-state index contributed by atoms with van der Waals surface area (Å²) >= 11 is 1.85. The molecule has 0 radical (unpaired) electrons. The molecular weight excluding hydrogens is 433 g/mol. The maximum atomic E-state index is 5.66. The third-order valence-electron chi connectivity index (χ3n) is 2.86. The largest absolute Gasteiger partial charge is 0.489 e. The van der Waals surface area contributed by atoms with Gasteiger partial charge in [0.1, 0.15) is 12.4 Å². The average Bonchev–Trinajstić information content (AvgIpc) is 2.58. The molecule has 0 atom stereocenters. The fourth-order valence-electron chi connectivity index (χ4n) is 1.84. The Labute approximate surface area is 167 Å². The molecule has 2 N–H and O–H groups in total. The Balaban J connectivity index is 0.00000529. The first-order valence-corrected chi connectivity index (χ1v) is 8.99. The Kier molecular flexibility index (Phi) is 14.6. The molecule has 0 saturated carbocycles. The molecule has 0 spiro atoms. The van der Waals surface area contributed by atoms with Crippen LogP contribution in [0.2, 0.25) is 0 Å². The fraction of sp³-hybridized carbons (Fsp3) is 0.389. The topological polar surface area (TPSA) is 45.6 Å². The number of benzene rings is 1. The van der Waals surface area contributed by atoms with Crippen molar-refractivity contribution in [3.05, 3.63) is 55.1 Å². The van der Waals surface area contributed by atoms with Gasteiger partial charge in [0.2, 0.25) is 0 Å². The number of ether oxygens (including phenoxy) is 1. The number of para-hydroxylation sites is 1. The molecule has 4 nitrogen and oxygen atoms in total. The third kappa shape index (κ3) is 9.87. The summed E-state index contributed by atoms with van der Waals surface area (Å²) in [5.74, 6) is 3.68. The predicted octanol–water partition coefficient (Wildman–Crippen LogP) is 3.84. The Morgan fingerprint density at radius 2 is 2.04 bits per heavy atom. The first-order chi connectivity index (χ1) is 11.3.